The lowest BCUT2D eigenvalue weighted by atomic mass is 10.1. The van der Waals surface area contributed by atoms with Crippen LogP contribution in [-0.2, 0) is 6.42 Å². The van der Waals surface area contributed by atoms with Gasteiger partial charge in [-0.25, -0.2) is 9.37 Å². The Hall–Kier alpha value is -1.39. The normalized spacial score (nSPS) is 11.8. The molecular weight excluding hydrogens is 279 g/mol. The van der Waals surface area contributed by atoms with Crippen molar-refractivity contribution >= 4 is 11.6 Å². The van der Waals surface area contributed by atoms with E-state index in [0.717, 1.165) is 6.54 Å². The Morgan fingerprint density at radius 2 is 2.10 bits per heavy atom. The third-order valence-electron chi connectivity index (χ3n) is 2.74. The van der Waals surface area contributed by atoms with Gasteiger partial charge in [-0.1, -0.05) is 11.6 Å². The molecule has 1 aromatic carbocycles. The topological polar surface area (TPSA) is 38.1 Å². The van der Waals surface area contributed by atoms with E-state index >= 15 is 0 Å². The molecule has 1 aromatic heterocycles. The Labute approximate surface area is 123 Å². The Morgan fingerprint density at radius 1 is 1.35 bits per heavy atom. The van der Waals surface area contributed by atoms with Crippen LogP contribution in [0.1, 0.15) is 26.7 Å². The van der Waals surface area contributed by atoms with Crippen LogP contribution < -0.4 is 5.32 Å². The van der Waals surface area contributed by atoms with E-state index in [4.69, 9.17) is 16.0 Å². The van der Waals surface area contributed by atoms with Gasteiger partial charge in [0.25, 0.3) is 0 Å². The Balaban J connectivity index is 2.05. The predicted molar refractivity (Wildman–Crippen MR) is 78.4 cm³/mol. The quantitative estimate of drug-likeness (QED) is 0.924. The highest BCUT2D eigenvalue weighted by Crippen LogP contribution is 2.29. The van der Waals surface area contributed by atoms with Crippen molar-refractivity contribution in [3.63, 3.8) is 0 Å². The van der Waals surface area contributed by atoms with Gasteiger partial charge >= 0.3 is 0 Å². The first-order valence-electron chi connectivity index (χ1n) is 6.50. The van der Waals surface area contributed by atoms with Crippen molar-refractivity contribution in [1.82, 2.24) is 10.3 Å². The van der Waals surface area contributed by atoms with E-state index in [1.807, 2.05) is 0 Å². The highest BCUT2D eigenvalue weighted by Gasteiger charge is 2.12. The molecule has 0 unspecified atom stereocenters. The van der Waals surface area contributed by atoms with Gasteiger partial charge in [0.1, 0.15) is 5.82 Å². The van der Waals surface area contributed by atoms with Gasteiger partial charge in [-0.3, -0.25) is 0 Å². The van der Waals surface area contributed by atoms with Gasteiger partial charge in [0.15, 0.2) is 11.7 Å². The molecular formula is C15H18ClFN2O. The van der Waals surface area contributed by atoms with Crippen molar-refractivity contribution in [2.45, 2.75) is 32.7 Å². The first kappa shape index (κ1) is 15.0. The van der Waals surface area contributed by atoms with E-state index in [-0.39, 0.29) is 11.4 Å². The van der Waals surface area contributed by atoms with Crippen molar-refractivity contribution in [1.29, 1.82) is 0 Å². The lowest BCUT2D eigenvalue weighted by molar-refractivity contribution is 0.412. The van der Waals surface area contributed by atoms with E-state index < -0.39 is 0 Å². The Kier molecular flexibility index (Phi) is 4.45. The Bertz CT molecular complexity index is 590. The fourth-order valence-corrected chi connectivity index (χ4v) is 2.04. The molecule has 2 rings (SSSR count). The standard InChI is InChI=1S/C15H18ClFN2O/c1-15(2,3)19-7-6-14-18-9-13(20-14)11-5-4-10(17)8-12(11)16/h4-5,8-9,19H,6-7H2,1-3H3. The highest BCUT2D eigenvalue weighted by molar-refractivity contribution is 6.33. The smallest absolute Gasteiger partial charge is 0.196 e. The first-order valence-corrected chi connectivity index (χ1v) is 6.88. The molecule has 1 heterocycles. The number of aromatic nitrogens is 1. The third kappa shape index (κ3) is 4.05. The van der Waals surface area contributed by atoms with Crippen LogP contribution in [0.2, 0.25) is 5.02 Å². The van der Waals surface area contributed by atoms with Crippen molar-refractivity contribution < 1.29 is 8.81 Å². The Morgan fingerprint density at radius 3 is 2.75 bits per heavy atom. The maximum Gasteiger partial charge on any atom is 0.196 e. The highest BCUT2D eigenvalue weighted by atomic mass is 35.5. The molecule has 2 aromatic rings. The molecule has 0 aliphatic heterocycles. The summed E-state index contributed by atoms with van der Waals surface area (Å²) < 4.78 is 18.7. The molecule has 0 fully saturated rings. The van der Waals surface area contributed by atoms with Gasteiger partial charge in [-0.2, -0.15) is 0 Å². The molecule has 0 amide bonds. The van der Waals surface area contributed by atoms with Crippen molar-refractivity contribution in [2.75, 3.05) is 6.54 Å². The molecule has 3 nitrogen and oxygen atoms in total. The number of halogens is 2. The third-order valence-corrected chi connectivity index (χ3v) is 3.06. The number of nitrogens with zero attached hydrogens (tertiary/aromatic N) is 1. The fourth-order valence-electron chi connectivity index (χ4n) is 1.78. The molecule has 0 saturated carbocycles. The van der Waals surface area contributed by atoms with Crippen LogP contribution in [0.25, 0.3) is 11.3 Å². The predicted octanol–water partition coefficient (Wildman–Crippen LogP) is 4.06. The van der Waals surface area contributed by atoms with Crippen LogP contribution >= 0.6 is 11.6 Å². The summed E-state index contributed by atoms with van der Waals surface area (Å²) in [5.74, 6) is 0.825. The SMILES string of the molecule is CC(C)(C)NCCc1ncc(-c2ccc(F)cc2Cl)o1. The molecule has 0 radical (unpaired) electrons. The summed E-state index contributed by atoms with van der Waals surface area (Å²) in [5.41, 5.74) is 0.714. The van der Waals surface area contributed by atoms with E-state index in [2.05, 4.69) is 31.1 Å². The lowest BCUT2D eigenvalue weighted by Gasteiger charge is -2.19. The van der Waals surface area contributed by atoms with Crippen LogP contribution in [0, 0.1) is 5.82 Å². The zero-order valence-corrected chi connectivity index (χ0v) is 12.6. The maximum absolute atomic E-state index is 13.0. The number of rotatable bonds is 4. The zero-order valence-electron chi connectivity index (χ0n) is 11.8. The molecule has 5 heteroatoms. The second-order valence-electron chi connectivity index (χ2n) is 5.67. The summed E-state index contributed by atoms with van der Waals surface area (Å²) in [6.45, 7) is 7.09. The van der Waals surface area contributed by atoms with Gasteiger partial charge in [-0.05, 0) is 39.0 Å². The lowest BCUT2D eigenvalue weighted by Crippen LogP contribution is -2.37. The minimum Gasteiger partial charge on any atom is -0.441 e. The molecule has 108 valence electrons. The molecule has 0 saturated heterocycles. The first-order chi connectivity index (χ1) is 9.35. The average molecular weight is 297 g/mol. The number of hydrogen-bond donors (Lipinski definition) is 1. The largest absolute Gasteiger partial charge is 0.441 e. The summed E-state index contributed by atoms with van der Waals surface area (Å²) in [6.07, 6.45) is 2.31. The van der Waals surface area contributed by atoms with E-state index in [1.54, 1.807) is 12.3 Å². The van der Waals surface area contributed by atoms with E-state index in [1.165, 1.54) is 12.1 Å². The number of oxazole rings is 1. The monoisotopic (exact) mass is 296 g/mol. The van der Waals surface area contributed by atoms with E-state index in [9.17, 15) is 4.39 Å². The van der Waals surface area contributed by atoms with Crippen molar-refractivity contribution in [3.05, 3.63) is 41.1 Å². The van der Waals surface area contributed by atoms with E-state index in [0.29, 0.717) is 28.7 Å². The van der Waals surface area contributed by atoms with Crippen molar-refractivity contribution in [2.24, 2.45) is 0 Å². The van der Waals surface area contributed by atoms with Gasteiger partial charge in [0.05, 0.1) is 11.2 Å². The molecule has 0 aliphatic rings. The minimum atomic E-state index is -0.368. The molecule has 0 aliphatic carbocycles. The fraction of sp³-hybridized carbons (Fsp3) is 0.400. The number of hydrogen-bond acceptors (Lipinski definition) is 3. The molecule has 1 N–H and O–H groups in total. The van der Waals surface area contributed by atoms with Crippen LogP contribution in [0.15, 0.2) is 28.8 Å². The summed E-state index contributed by atoms with van der Waals surface area (Å²) in [4.78, 5) is 4.22. The van der Waals surface area contributed by atoms with Crippen molar-refractivity contribution in [3.8, 4) is 11.3 Å². The van der Waals surface area contributed by atoms with Gasteiger partial charge in [0.2, 0.25) is 0 Å². The maximum atomic E-state index is 13.0. The van der Waals surface area contributed by atoms with Crippen LogP contribution in [0.4, 0.5) is 4.39 Å². The second kappa shape index (κ2) is 5.94. The van der Waals surface area contributed by atoms with Gasteiger partial charge in [-0.15, -0.1) is 0 Å². The molecule has 20 heavy (non-hydrogen) atoms. The zero-order chi connectivity index (χ0) is 14.8. The summed E-state index contributed by atoms with van der Waals surface area (Å²) in [7, 11) is 0. The average Bonchev–Trinajstić information content (AvgIpc) is 2.75. The van der Waals surface area contributed by atoms with Crippen LogP contribution in [-0.4, -0.2) is 17.1 Å². The number of nitrogens with one attached hydrogen (secondary N) is 1. The number of benzene rings is 1. The van der Waals surface area contributed by atoms with Gasteiger partial charge in [0, 0.05) is 24.1 Å². The summed E-state index contributed by atoms with van der Waals surface area (Å²) in [5, 5.41) is 3.68. The second-order valence-corrected chi connectivity index (χ2v) is 6.08. The molecule has 0 atom stereocenters. The minimum absolute atomic E-state index is 0.0652. The van der Waals surface area contributed by atoms with Gasteiger partial charge < -0.3 is 9.73 Å². The summed E-state index contributed by atoms with van der Waals surface area (Å²) >= 11 is 6.00. The summed E-state index contributed by atoms with van der Waals surface area (Å²) in [6, 6.07) is 4.21. The molecule has 0 spiro atoms. The van der Waals surface area contributed by atoms with Crippen LogP contribution in [0.3, 0.4) is 0 Å². The molecule has 0 bridgehead atoms. The van der Waals surface area contributed by atoms with Crippen LogP contribution in [0.5, 0.6) is 0 Å².